The van der Waals surface area contributed by atoms with E-state index in [4.69, 9.17) is 5.11 Å². The first-order valence-corrected chi connectivity index (χ1v) is 12.1. The number of Topliss-reactive ketones (excluding diaryl/α,β-unsaturated/α-hetero) is 1. The van der Waals surface area contributed by atoms with Gasteiger partial charge in [-0.25, -0.2) is 0 Å². The molecule has 0 saturated heterocycles. The third-order valence-corrected chi connectivity index (χ3v) is 5.56. The van der Waals surface area contributed by atoms with Crippen LogP contribution in [0.3, 0.4) is 0 Å². The molecule has 23 heavy (non-hydrogen) atoms. The number of carboxylic acid groups (broad SMARTS) is 1. The summed E-state index contributed by atoms with van der Waals surface area (Å²) in [5.74, 6) is -1.06. The van der Waals surface area contributed by atoms with Crippen LogP contribution in [-0.4, -0.2) is 31.5 Å². The van der Waals surface area contributed by atoms with Crippen LogP contribution >= 0.6 is 0 Å². The largest absolute Gasteiger partial charge is 0.481 e. The zero-order chi connectivity index (χ0) is 17.3. The van der Waals surface area contributed by atoms with Crippen molar-refractivity contribution in [3.8, 4) is 0 Å². The molecule has 2 N–H and O–H groups in total. The average Bonchev–Trinajstić information content (AvgIpc) is 2.48. The predicted octanol–water partition coefficient (Wildman–Crippen LogP) is 4.65. The van der Waals surface area contributed by atoms with Gasteiger partial charge in [0.05, 0.1) is 6.42 Å². The van der Waals surface area contributed by atoms with Crippen LogP contribution in [0.25, 0.3) is 0 Å². The van der Waals surface area contributed by atoms with Crippen molar-refractivity contribution in [1.82, 2.24) is 0 Å². The van der Waals surface area contributed by atoms with Gasteiger partial charge in [-0.3, -0.25) is 9.59 Å². The fourth-order valence-corrected chi connectivity index (χ4v) is 3.64. The van der Waals surface area contributed by atoms with Crippen LogP contribution in [0.15, 0.2) is 24.3 Å². The van der Waals surface area contributed by atoms with Crippen molar-refractivity contribution >= 4 is 25.5 Å². The first-order valence-electron chi connectivity index (χ1n) is 8.37. The van der Waals surface area contributed by atoms with Crippen molar-refractivity contribution in [2.75, 3.05) is 11.9 Å². The average molecular weight is 336 g/mol. The number of unbranched alkanes of at least 4 members (excludes halogenated alkanes) is 2. The molecule has 1 aromatic carbocycles. The van der Waals surface area contributed by atoms with Gasteiger partial charge in [-0.15, -0.1) is 0 Å². The highest BCUT2D eigenvalue weighted by Crippen LogP contribution is 2.15. The molecule has 1 rings (SSSR count). The van der Waals surface area contributed by atoms with Crippen molar-refractivity contribution in [3.63, 3.8) is 0 Å². The van der Waals surface area contributed by atoms with Gasteiger partial charge in [0.1, 0.15) is 0 Å². The van der Waals surface area contributed by atoms with Gasteiger partial charge >= 0.3 is 5.97 Å². The number of carbonyl (C=O) groups is 2. The maximum absolute atomic E-state index is 11.8. The lowest BCUT2D eigenvalue weighted by molar-refractivity contribution is -0.136. The van der Waals surface area contributed by atoms with Crippen LogP contribution in [0.1, 0.15) is 42.5 Å². The first kappa shape index (κ1) is 19.4. The molecular weight excluding hydrogens is 306 g/mol. The fourth-order valence-electron chi connectivity index (χ4n) is 2.33. The standard InChI is InChI=1S/C18H29NO3Si/c1-23(2,3)14-6-4-5-13-19-16-9-7-15(8-10-16)17(20)11-12-18(21)22/h7-10,19H,4-6,11-14H2,1-3H3,(H,21,22). The van der Waals surface area contributed by atoms with E-state index < -0.39 is 14.0 Å². The maximum Gasteiger partial charge on any atom is 0.303 e. The van der Waals surface area contributed by atoms with Crippen molar-refractivity contribution < 1.29 is 14.7 Å². The van der Waals surface area contributed by atoms with E-state index in [0.29, 0.717) is 5.56 Å². The van der Waals surface area contributed by atoms with E-state index in [9.17, 15) is 9.59 Å². The molecule has 0 bridgehead atoms. The van der Waals surface area contributed by atoms with E-state index in [1.54, 1.807) is 12.1 Å². The molecule has 0 unspecified atom stereocenters. The first-order chi connectivity index (χ1) is 10.8. The maximum atomic E-state index is 11.8. The Hall–Kier alpha value is -1.62. The zero-order valence-electron chi connectivity index (χ0n) is 14.5. The summed E-state index contributed by atoms with van der Waals surface area (Å²) < 4.78 is 0. The Bertz CT molecular complexity index is 506. The van der Waals surface area contributed by atoms with E-state index >= 15 is 0 Å². The van der Waals surface area contributed by atoms with E-state index in [0.717, 1.165) is 18.7 Å². The molecule has 0 spiro atoms. The quantitative estimate of drug-likeness (QED) is 0.351. The van der Waals surface area contributed by atoms with Crippen LogP contribution in [0.4, 0.5) is 5.69 Å². The zero-order valence-corrected chi connectivity index (χ0v) is 15.5. The Morgan fingerprint density at radius 2 is 1.65 bits per heavy atom. The normalized spacial score (nSPS) is 11.3. The van der Waals surface area contributed by atoms with Crippen LogP contribution < -0.4 is 5.32 Å². The van der Waals surface area contributed by atoms with E-state index in [2.05, 4.69) is 25.0 Å². The summed E-state index contributed by atoms with van der Waals surface area (Å²) in [6.07, 6.45) is 3.66. The molecular formula is C18H29NO3Si. The molecule has 128 valence electrons. The Kier molecular flexibility index (Phi) is 8.02. The Labute approximate surface area is 140 Å². The number of rotatable bonds is 11. The third-order valence-electron chi connectivity index (χ3n) is 3.71. The number of nitrogens with one attached hydrogen (secondary N) is 1. The van der Waals surface area contributed by atoms with Crippen molar-refractivity contribution in [2.24, 2.45) is 0 Å². The van der Waals surface area contributed by atoms with E-state index in [1.807, 2.05) is 12.1 Å². The van der Waals surface area contributed by atoms with Gasteiger partial charge in [0, 0.05) is 32.3 Å². The molecule has 0 aliphatic rings. The monoisotopic (exact) mass is 335 g/mol. The minimum absolute atomic E-state index is 0.0548. The van der Waals surface area contributed by atoms with Crippen molar-refractivity contribution in [2.45, 2.75) is 57.8 Å². The molecule has 0 atom stereocenters. The Morgan fingerprint density at radius 3 is 2.22 bits per heavy atom. The van der Waals surface area contributed by atoms with Gasteiger partial charge in [0.2, 0.25) is 0 Å². The molecule has 0 amide bonds. The second kappa shape index (κ2) is 9.50. The van der Waals surface area contributed by atoms with Gasteiger partial charge in [0.25, 0.3) is 0 Å². The number of hydrogen-bond acceptors (Lipinski definition) is 3. The van der Waals surface area contributed by atoms with Crippen molar-refractivity contribution in [1.29, 1.82) is 0 Å². The molecule has 0 aliphatic carbocycles. The van der Waals surface area contributed by atoms with Gasteiger partial charge in [0.15, 0.2) is 5.78 Å². The lowest BCUT2D eigenvalue weighted by atomic mass is 10.1. The van der Waals surface area contributed by atoms with Crippen molar-refractivity contribution in [3.05, 3.63) is 29.8 Å². The number of hydrogen-bond donors (Lipinski definition) is 2. The molecule has 0 aromatic heterocycles. The molecule has 0 fully saturated rings. The summed E-state index contributed by atoms with van der Waals surface area (Å²) in [5, 5.41) is 12.0. The second-order valence-corrected chi connectivity index (χ2v) is 12.8. The molecule has 0 heterocycles. The third kappa shape index (κ3) is 9.18. The summed E-state index contributed by atoms with van der Waals surface area (Å²) >= 11 is 0. The summed E-state index contributed by atoms with van der Waals surface area (Å²) in [6.45, 7) is 8.16. The Balaban J connectivity index is 2.26. The molecule has 0 radical (unpaired) electrons. The van der Waals surface area contributed by atoms with Gasteiger partial charge in [-0.2, -0.15) is 0 Å². The molecule has 0 aliphatic heterocycles. The van der Waals surface area contributed by atoms with Gasteiger partial charge < -0.3 is 10.4 Å². The van der Waals surface area contributed by atoms with E-state index in [-0.39, 0.29) is 18.6 Å². The summed E-state index contributed by atoms with van der Waals surface area (Å²) in [4.78, 5) is 22.3. The number of benzene rings is 1. The minimum Gasteiger partial charge on any atom is -0.481 e. The summed E-state index contributed by atoms with van der Waals surface area (Å²) in [7, 11) is -0.902. The number of aliphatic carboxylic acids is 1. The van der Waals surface area contributed by atoms with Crippen LogP contribution in [-0.2, 0) is 4.79 Å². The molecule has 4 nitrogen and oxygen atoms in total. The number of anilines is 1. The highest BCUT2D eigenvalue weighted by molar-refractivity contribution is 6.76. The van der Waals surface area contributed by atoms with Crippen LogP contribution in [0.2, 0.25) is 25.7 Å². The number of carboxylic acids is 1. The topological polar surface area (TPSA) is 66.4 Å². The van der Waals surface area contributed by atoms with Crippen LogP contribution in [0.5, 0.6) is 0 Å². The lowest BCUT2D eigenvalue weighted by Gasteiger charge is -2.15. The highest BCUT2D eigenvalue weighted by atomic mass is 28.3. The van der Waals surface area contributed by atoms with E-state index in [1.165, 1.54) is 18.9 Å². The smallest absolute Gasteiger partial charge is 0.303 e. The van der Waals surface area contributed by atoms with Gasteiger partial charge in [-0.05, 0) is 30.7 Å². The fraction of sp³-hybridized carbons (Fsp3) is 0.556. The molecule has 5 heteroatoms. The SMILES string of the molecule is C[Si](C)(C)CCCCCNc1ccc(C(=O)CCC(=O)O)cc1. The predicted molar refractivity (Wildman–Crippen MR) is 98.1 cm³/mol. The highest BCUT2D eigenvalue weighted by Gasteiger charge is 2.11. The number of ketones is 1. The lowest BCUT2D eigenvalue weighted by Crippen LogP contribution is -2.18. The van der Waals surface area contributed by atoms with Crippen LogP contribution in [0, 0.1) is 0 Å². The minimum atomic E-state index is -0.939. The Morgan fingerprint density at radius 1 is 1.00 bits per heavy atom. The summed E-state index contributed by atoms with van der Waals surface area (Å²) in [5.41, 5.74) is 1.58. The number of carbonyl (C=O) groups excluding carboxylic acids is 1. The molecule has 0 saturated carbocycles. The van der Waals surface area contributed by atoms with Gasteiger partial charge in [-0.1, -0.05) is 38.5 Å². The molecule has 1 aromatic rings. The summed E-state index contributed by atoms with van der Waals surface area (Å²) in [6, 6.07) is 8.68. The second-order valence-electron chi connectivity index (χ2n) is 7.19.